The maximum absolute atomic E-state index is 14.0. The van der Waals surface area contributed by atoms with E-state index in [4.69, 9.17) is 4.84 Å². The van der Waals surface area contributed by atoms with Gasteiger partial charge in [0.05, 0.1) is 12.3 Å². The zero-order valence-corrected chi connectivity index (χ0v) is 16.3. The maximum Gasteiger partial charge on any atom is 0.267 e. The third kappa shape index (κ3) is 5.40. The summed E-state index contributed by atoms with van der Waals surface area (Å²) in [6.45, 7) is 2.70. The highest BCUT2D eigenvalue weighted by Gasteiger charge is 2.34. The van der Waals surface area contributed by atoms with Crippen molar-refractivity contribution in [3.63, 3.8) is 0 Å². The average molecular weight is 397 g/mol. The van der Waals surface area contributed by atoms with Crippen LogP contribution in [0.2, 0.25) is 0 Å². The molecule has 1 aliphatic heterocycles. The van der Waals surface area contributed by atoms with E-state index in [0.29, 0.717) is 17.8 Å². The molecule has 2 amide bonds. The molecule has 0 radical (unpaired) electrons. The second kappa shape index (κ2) is 9.82. The summed E-state index contributed by atoms with van der Waals surface area (Å²) in [7, 11) is 0. The van der Waals surface area contributed by atoms with Crippen molar-refractivity contribution in [2.45, 2.75) is 32.4 Å². The van der Waals surface area contributed by atoms with E-state index in [9.17, 15) is 14.0 Å². The van der Waals surface area contributed by atoms with Gasteiger partial charge in [-0.3, -0.25) is 9.59 Å². The SMILES string of the molecule is CCCNC(=O)CN(Cc1ccccc1)C(=O)C1CC(c2ccccc2F)=NO1. The lowest BCUT2D eigenvalue weighted by atomic mass is 10.0. The third-order valence-electron chi connectivity index (χ3n) is 4.56. The van der Waals surface area contributed by atoms with E-state index in [-0.39, 0.29) is 31.3 Å². The molecule has 2 aromatic rings. The Balaban J connectivity index is 1.71. The number of hydrogen-bond donors (Lipinski definition) is 1. The van der Waals surface area contributed by atoms with Crippen LogP contribution in [0, 0.1) is 5.82 Å². The van der Waals surface area contributed by atoms with Crippen LogP contribution in [0.25, 0.3) is 0 Å². The Hall–Kier alpha value is -3.22. The molecule has 1 unspecified atom stereocenters. The van der Waals surface area contributed by atoms with E-state index in [1.165, 1.54) is 11.0 Å². The Bertz CT molecular complexity index is 886. The van der Waals surface area contributed by atoms with E-state index in [1.807, 2.05) is 37.3 Å². The lowest BCUT2D eigenvalue weighted by molar-refractivity contribution is -0.145. The van der Waals surface area contributed by atoms with E-state index in [2.05, 4.69) is 10.5 Å². The van der Waals surface area contributed by atoms with Gasteiger partial charge in [0, 0.05) is 25.1 Å². The third-order valence-corrected chi connectivity index (χ3v) is 4.56. The Morgan fingerprint density at radius 2 is 1.90 bits per heavy atom. The van der Waals surface area contributed by atoms with Gasteiger partial charge in [-0.15, -0.1) is 0 Å². The number of nitrogens with one attached hydrogen (secondary N) is 1. The summed E-state index contributed by atoms with van der Waals surface area (Å²) in [6, 6.07) is 15.7. The minimum absolute atomic E-state index is 0.0807. The van der Waals surface area contributed by atoms with Gasteiger partial charge in [0.2, 0.25) is 12.0 Å². The van der Waals surface area contributed by atoms with Gasteiger partial charge in [-0.2, -0.15) is 0 Å². The molecule has 0 aromatic heterocycles. The van der Waals surface area contributed by atoms with Crippen molar-refractivity contribution in [3.8, 4) is 0 Å². The van der Waals surface area contributed by atoms with Crippen LogP contribution < -0.4 is 5.32 Å². The van der Waals surface area contributed by atoms with Crippen LogP contribution in [0.3, 0.4) is 0 Å². The van der Waals surface area contributed by atoms with Gasteiger partial charge in [0.25, 0.3) is 5.91 Å². The second-order valence-electron chi connectivity index (χ2n) is 6.85. The van der Waals surface area contributed by atoms with Gasteiger partial charge in [0.15, 0.2) is 0 Å². The zero-order chi connectivity index (χ0) is 20.6. The van der Waals surface area contributed by atoms with Crippen LogP contribution in [-0.2, 0) is 21.0 Å². The lowest BCUT2D eigenvalue weighted by Gasteiger charge is -2.24. The first-order valence-electron chi connectivity index (χ1n) is 9.65. The summed E-state index contributed by atoms with van der Waals surface area (Å²) in [6.07, 6.45) is 0.0817. The molecule has 7 heteroatoms. The molecule has 0 aliphatic carbocycles. The second-order valence-corrected chi connectivity index (χ2v) is 6.85. The predicted octanol–water partition coefficient (Wildman–Crippen LogP) is 2.87. The molecule has 0 fully saturated rings. The highest BCUT2D eigenvalue weighted by molar-refractivity contribution is 6.04. The molecular formula is C22H24FN3O3. The largest absolute Gasteiger partial charge is 0.382 e. The number of oxime groups is 1. The van der Waals surface area contributed by atoms with Gasteiger partial charge < -0.3 is 15.1 Å². The minimum atomic E-state index is -0.882. The first-order valence-corrected chi connectivity index (χ1v) is 9.65. The fourth-order valence-electron chi connectivity index (χ4n) is 3.08. The van der Waals surface area contributed by atoms with Crippen LogP contribution in [0.15, 0.2) is 59.8 Å². The molecule has 2 aromatic carbocycles. The molecule has 6 nitrogen and oxygen atoms in total. The summed E-state index contributed by atoms with van der Waals surface area (Å²) >= 11 is 0. The van der Waals surface area contributed by atoms with Crippen LogP contribution in [0.1, 0.15) is 30.9 Å². The number of halogens is 1. The highest BCUT2D eigenvalue weighted by Crippen LogP contribution is 2.21. The molecule has 152 valence electrons. The molecule has 0 saturated carbocycles. The molecule has 1 N–H and O–H groups in total. The van der Waals surface area contributed by atoms with E-state index >= 15 is 0 Å². The quantitative estimate of drug-likeness (QED) is 0.745. The van der Waals surface area contributed by atoms with Gasteiger partial charge >= 0.3 is 0 Å². The van der Waals surface area contributed by atoms with Gasteiger partial charge in [-0.05, 0) is 18.1 Å². The zero-order valence-electron chi connectivity index (χ0n) is 16.3. The lowest BCUT2D eigenvalue weighted by Crippen LogP contribution is -2.44. The molecule has 1 atom stereocenters. The van der Waals surface area contributed by atoms with Crippen LogP contribution >= 0.6 is 0 Å². The molecule has 1 aliphatic rings. The van der Waals surface area contributed by atoms with Gasteiger partial charge in [0.1, 0.15) is 5.82 Å². The van der Waals surface area contributed by atoms with Crippen LogP contribution in [0.5, 0.6) is 0 Å². The van der Waals surface area contributed by atoms with Crippen molar-refractivity contribution in [1.82, 2.24) is 10.2 Å². The van der Waals surface area contributed by atoms with Crippen LogP contribution in [0.4, 0.5) is 4.39 Å². The van der Waals surface area contributed by atoms with Crippen molar-refractivity contribution in [1.29, 1.82) is 0 Å². The highest BCUT2D eigenvalue weighted by atomic mass is 19.1. The number of benzene rings is 2. The first-order chi connectivity index (χ1) is 14.1. The topological polar surface area (TPSA) is 71.0 Å². The van der Waals surface area contributed by atoms with Crippen molar-refractivity contribution in [2.75, 3.05) is 13.1 Å². The number of amides is 2. The number of nitrogens with zero attached hydrogens (tertiary/aromatic N) is 2. The number of carbonyl (C=O) groups is 2. The molecule has 0 spiro atoms. The summed E-state index contributed by atoms with van der Waals surface area (Å²) in [5, 5.41) is 6.70. The van der Waals surface area contributed by atoms with Crippen molar-refractivity contribution in [2.24, 2.45) is 5.16 Å². The number of carbonyl (C=O) groups excluding carboxylic acids is 2. The first kappa shape index (κ1) is 20.5. The van der Waals surface area contributed by atoms with Crippen molar-refractivity contribution < 1.29 is 18.8 Å². The maximum atomic E-state index is 14.0. The Kier molecular flexibility index (Phi) is 6.94. The number of rotatable bonds is 8. The number of hydrogen-bond acceptors (Lipinski definition) is 4. The average Bonchev–Trinajstić information content (AvgIpc) is 3.22. The Labute approximate surface area is 169 Å². The predicted molar refractivity (Wildman–Crippen MR) is 108 cm³/mol. The normalized spacial score (nSPS) is 15.4. The summed E-state index contributed by atoms with van der Waals surface area (Å²) in [5.74, 6) is -0.997. The minimum Gasteiger partial charge on any atom is -0.382 e. The standard InChI is InChI=1S/C22H24FN3O3/c1-2-12-24-21(27)15-26(14-16-8-4-3-5-9-16)22(28)20-13-19(25-29-20)17-10-6-7-11-18(17)23/h3-11,20H,2,12-15H2,1H3,(H,24,27). The summed E-state index contributed by atoms with van der Waals surface area (Å²) < 4.78 is 14.0. The van der Waals surface area contributed by atoms with Gasteiger partial charge in [-0.1, -0.05) is 60.6 Å². The van der Waals surface area contributed by atoms with Gasteiger partial charge in [-0.25, -0.2) is 4.39 Å². The molecule has 3 rings (SSSR count). The smallest absolute Gasteiger partial charge is 0.267 e. The van der Waals surface area contributed by atoms with E-state index < -0.39 is 11.9 Å². The van der Waals surface area contributed by atoms with Crippen LogP contribution in [-0.4, -0.2) is 41.6 Å². The fraction of sp³-hybridized carbons (Fsp3) is 0.318. The van der Waals surface area contributed by atoms with Crippen molar-refractivity contribution >= 4 is 17.5 Å². The van der Waals surface area contributed by atoms with E-state index in [0.717, 1.165) is 12.0 Å². The van der Waals surface area contributed by atoms with Crippen molar-refractivity contribution in [3.05, 3.63) is 71.5 Å². The Morgan fingerprint density at radius 3 is 2.62 bits per heavy atom. The monoisotopic (exact) mass is 397 g/mol. The molecular weight excluding hydrogens is 373 g/mol. The molecule has 0 saturated heterocycles. The van der Waals surface area contributed by atoms with E-state index in [1.54, 1.807) is 18.2 Å². The molecule has 29 heavy (non-hydrogen) atoms. The Morgan fingerprint density at radius 1 is 1.17 bits per heavy atom. The summed E-state index contributed by atoms with van der Waals surface area (Å²) in [5.41, 5.74) is 1.60. The molecule has 1 heterocycles. The fourth-order valence-corrected chi connectivity index (χ4v) is 3.08. The molecule has 0 bridgehead atoms. The summed E-state index contributed by atoms with van der Waals surface area (Å²) in [4.78, 5) is 32.1.